The van der Waals surface area contributed by atoms with Gasteiger partial charge in [0.1, 0.15) is 0 Å². The molecule has 0 fully saturated rings. The molecule has 0 bridgehead atoms. The van der Waals surface area contributed by atoms with Crippen molar-refractivity contribution < 1.29 is 4.79 Å². The molecule has 0 atom stereocenters. The van der Waals surface area contributed by atoms with E-state index in [1.54, 1.807) is 0 Å². The Balaban J connectivity index is 1.69. The van der Waals surface area contributed by atoms with Gasteiger partial charge in [0.25, 0.3) is 5.91 Å². The van der Waals surface area contributed by atoms with Crippen LogP contribution in [0.5, 0.6) is 0 Å². The van der Waals surface area contributed by atoms with Crippen LogP contribution in [0, 0.1) is 13.8 Å². The van der Waals surface area contributed by atoms with Gasteiger partial charge in [0.15, 0.2) is 0 Å². The van der Waals surface area contributed by atoms with Gasteiger partial charge >= 0.3 is 0 Å². The first-order chi connectivity index (χ1) is 14.0. The summed E-state index contributed by atoms with van der Waals surface area (Å²) in [6.45, 7) is 6.20. The highest BCUT2D eigenvalue weighted by Crippen LogP contribution is 2.26. The monoisotopic (exact) mass is 385 g/mol. The summed E-state index contributed by atoms with van der Waals surface area (Å²) in [5, 5.41) is 7.58. The molecule has 0 unspecified atom stereocenters. The molecule has 0 aromatic heterocycles. The molecule has 0 radical (unpaired) electrons. The van der Waals surface area contributed by atoms with Gasteiger partial charge in [-0.3, -0.25) is 4.79 Å². The van der Waals surface area contributed by atoms with Crippen LogP contribution in [0.4, 0.5) is 5.69 Å². The van der Waals surface area contributed by atoms with E-state index in [9.17, 15) is 4.79 Å². The number of hydrogen-bond donors (Lipinski definition) is 2. The number of anilines is 1. The van der Waals surface area contributed by atoms with Crippen molar-refractivity contribution in [3.8, 4) is 0 Å². The molecule has 1 amide bonds. The Morgan fingerprint density at radius 3 is 2.03 bits per heavy atom. The van der Waals surface area contributed by atoms with Gasteiger partial charge in [-0.2, -0.15) is 5.10 Å². The average molecular weight is 386 g/mol. The third kappa shape index (κ3) is 5.55. The largest absolute Gasteiger partial charge is 0.376 e. The summed E-state index contributed by atoms with van der Waals surface area (Å²) in [4.78, 5) is 12.3. The summed E-state index contributed by atoms with van der Waals surface area (Å²) in [7, 11) is 0. The van der Waals surface area contributed by atoms with E-state index in [1.807, 2.05) is 62.4 Å². The molecular weight excluding hydrogens is 358 g/mol. The minimum absolute atomic E-state index is 0.00926. The van der Waals surface area contributed by atoms with Crippen molar-refractivity contribution in [2.24, 2.45) is 5.10 Å². The van der Waals surface area contributed by atoms with Crippen LogP contribution in [-0.2, 0) is 4.79 Å². The minimum atomic E-state index is -0.177. The van der Waals surface area contributed by atoms with Gasteiger partial charge in [0.05, 0.1) is 6.54 Å². The molecule has 0 spiro atoms. The quantitative estimate of drug-likeness (QED) is 0.442. The predicted octanol–water partition coefficient (Wildman–Crippen LogP) is 5.04. The molecule has 3 rings (SSSR count). The summed E-state index contributed by atoms with van der Waals surface area (Å²) < 4.78 is 0. The predicted molar refractivity (Wildman–Crippen MR) is 120 cm³/mol. The normalized spacial score (nSPS) is 11.4. The Hall–Kier alpha value is -3.40. The zero-order valence-corrected chi connectivity index (χ0v) is 17.1. The molecule has 4 nitrogen and oxygen atoms in total. The Morgan fingerprint density at radius 2 is 1.48 bits per heavy atom. The highest BCUT2D eigenvalue weighted by molar-refractivity contribution is 5.93. The van der Waals surface area contributed by atoms with Crippen LogP contribution in [0.2, 0.25) is 0 Å². The third-order valence-electron chi connectivity index (χ3n) is 4.86. The SMILES string of the molecule is C/C(=N\NC(=O)CNc1ccc(C)cc1C)C(c1ccccc1)c1ccccc1. The molecule has 0 saturated carbocycles. The van der Waals surface area contributed by atoms with Crippen molar-refractivity contribution in [1.82, 2.24) is 5.43 Å². The lowest BCUT2D eigenvalue weighted by Crippen LogP contribution is -2.28. The fraction of sp³-hybridized carbons (Fsp3) is 0.200. The lowest BCUT2D eigenvalue weighted by Gasteiger charge is -2.18. The van der Waals surface area contributed by atoms with E-state index in [-0.39, 0.29) is 18.4 Å². The standard InChI is InChI=1S/C25H27N3O/c1-18-14-15-23(19(2)16-18)26-17-24(29)28-27-20(3)25(21-10-6-4-7-11-21)22-12-8-5-9-13-22/h4-16,25-26H,17H2,1-3H3,(H,28,29)/b27-20+. The molecule has 3 aromatic carbocycles. The maximum absolute atomic E-state index is 12.3. The number of carbonyl (C=O) groups is 1. The lowest BCUT2D eigenvalue weighted by atomic mass is 9.88. The number of rotatable bonds is 7. The van der Waals surface area contributed by atoms with E-state index in [4.69, 9.17) is 0 Å². The van der Waals surface area contributed by atoms with Crippen LogP contribution in [0.3, 0.4) is 0 Å². The smallest absolute Gasteiger partial charge is 0.259 e. The molecule has 0 saturated heterocycles. The fourth-order valence-corrected chi connectivity index (χ4v) is 3.41. The first kappa shape index (κ1) is 20.3. The van der Waals surface area contributed by atoms with E-state index in [2.05, 4.69) is 53.1 Å². The molecule has 0 heterocycles. The van der Waals surface area contributed by atoms with Gasteiger partial charge < -0.3 is 5.32 Å². The second-order valence-electron chi connectivity index (χ2n) is 7.21. The van der Waals surface area contributed by atoms with Gasteiger partial charge in [-0.1, -0.05) is 78.4 Å². The number of aryl methyl sites for hydroxylation is 2. The second kappa shape index (κ2) is 9.69. The van der Waals surface area contributed by atoms with E-state index in [1.165, 1.54) is 5.56 Å². The molecule has 0 aliphatic rings. The van der Waals surface area contributed by atoms with Crippen LogP contribution >= 0.6 is 0 Å². The van der Waals surface area contributed by atoms with E-state index >= 15 is 0 Å². The van der Waals surface area contributed by atoms with Gasteiger partial charge in [-0.05, 0) is 43.5 Å². The van der Waals surface area contributed by atoms with Crippen molar-refractivity contribution in [3.05, 3.63) is 101 Å². The number of amides is 1. The molecular formula is C25H27N3O. The number of nitrogens with one attached hydrogen (secondary N) is 2. The maximum Gasteiger partial charge on any atom is 0.259 e. The maximum atomic E-state index is 12.3. The second-order valence-corrected chi connectivity index (χ2v) is 7.21. The number of benzene rings is 3. The zero-order valence-electron chi connectivity index (χ0n) is 17.1. The van der Waals surface area contributed by atoms with Crippen LogP contribution in [0.1, 0.15) is 35.1 Å². The first-order valence-corrected chi connectivity index (χ1v) is 9.78. The number of nitrogens with zero attached hydrogens (tertiary/aromatic N) is 1. The van der Waals surface area contributed by atoms with Gasteiger partial charge in [-0.15, -0.1) is 0 Å². The van der Waals surface area contributed by atoms with E-state index < -0.39 is 0 Å². The van der Waals surface area contributed by atoms with Gasteiger partial charge in [0.2, 0.25) is 0 Å². The summed E-state index contributed by atoms with van der Waals surface area (Å²) in [5.74, 6) is -0.186. The minimum Gasteiger partial charge on any atom is -0.376 e. The Bertz CT molecular complexity index is 942. The zero-order chi connectivity index (χ0) is 20.6. The molecule has 0 aliphatic heterocycles. The summed E-state index contributed by atoms with van der Waals surface area (Å²) >= 11 is 0. The van der Waals surface area contributed by atoms with Gasteiger partial charge in [0, 0.05) is 17.3 Å². The van der Waals surface area contributed by atoms with Crippen LogP contribution < -0.4 is 10.7 Å². The number of hydrazone groups is 1. The van der Waals surface area contributed by atoms with Crippen LogP contribution in [-0.4, -0.2) is 18.2 Å². The Kier molecular flexibility index (Phi) is 6.80. The van der Waals surface area contributed by atoms with Crippen molar-refractivity contribution >= 4 is 17.3 Å². The van der Waals surface area contributed by atoms with Crippen LogP contribution in [0.25, 0.3) is 0 Å². The third-order valence-corrected chi connectivity index (χ3v) is 4.86. The Morgan fingerprint density at radius 1 is 0.897 bits per heavy atom. The topological polar surface area (TPSA) is 53.5 Å². The molecule has 29 heavy (non-hydrogen) atoms. The van der Waals surface area contributed by atoms with E-state index in [0.29, 0.717) is 0 Å². The molecule has 148 valence electrons. The van der Waals surface area contributed by atoms with E-state index in [0.717, 1.165) is 28.1 Å². The molecule has 3 aromatic rings. The Labute approximate surface area is 172 Å². The summed E-state index contributed by atoms with van der Waals surface area (Å²) in [6, 6.07) is 26.5. The van der Waals surface area contributed by atoms with Crippen molar-refractivity contribution in [3.63, 3.8) is 0 Å². The molecule has 4 heteroatoms. The summed E-state index contributed by atoms with van der Waals surface area (Å²) in [6.07, 6.45) is 0. The highest BCUT2D eigenvalue weighted by Gasteiger charge is 2.17. The van der Waals surface area contributed by atoms with Crippen molar-refractivity contribution in [2.45, 2.75) is 26.7 Å². The van der Waals surface area contributed by atoms with Crippen molar-refractivity contribution in [2.75, 3.05) is 11.9 Å². The van der Waals surface area contributed by atoms with Crippen LogP contribution in [0.15, 0.2) is 84.0 Å². The van der Waals surface area contributed by atoms with Gasteiger partial charge in [-0.25, -0.2) is 5.43 Å². The molecule has 0 aliphatic carbocycles. The first-order valence-electron chi connectivity index (χ1n) is 9.78. The average Bonchev–Trinajstić information content (AvgIpc) is 2.73. The lowest BCUT2D eigenvalue weighted by molar-refractivity contribution is -0.119. The fourth-order valence-electron chi connectivity index (χ4n) is 3.41. The molecule has 2 N–H and O–H groups in total. The van der Waals surface area contributed by atoms with Crippen molar-refractivity contribution in [1.29, 1.82) is 0 Å². The number of carbonyl (C=O) groups excluding carboxylic acids is 1. The summed E-state index contributed by atoms with van der Waals surface area (Å²) in [5.41, 5.74) is 9.08. The highest BCUT2D eigenvalue weighted by atomic mass is 16.2. The number of hydrogen-bond acceptors (Lipinski definition) is 3.